The van der Waals surface area contributed by atoms with Gasteiger partial charge in [0.2, 0.25) is 0 Å². The Kier molecular flexibility index (Phi) is 5.25. The van der Waals surface area contributed by atoms with Gasteiger partial charge in [-0.2, -0.15) is 0 Å². The molecule has 0 bridgehead atoms. The first-order valence-electron chi connectivity index (χ1n) is 5.72. The number of likely N-dealkylation sites (N-methyl/N-ethyl adjacent to an activating group) is 2. The fraction of sp³-hybridized carbons (Fsp3) is 0.538. The molecule has 96 valence electrons. The maximum Gasteiger partial charge on any atom is 0.130 e. The van der Waals surface area contributed by atoms with E-state index < -0.39 is 0 Å². The summed E-state index contributed by atoms with van der Waals surface area (Å²) in [5.74, 6) is 1.74. The van der Waals surface area contributed by atoms with Gasteiger partial charge >= 0.3 is 0 Å². The summed E-state index contributed by atoms with van der Waals surface area (Å²) in [6.45, 7) is 2.85. The minimum Gasteiger partial charge on any atom is -0.496 e. The summed E-state index contributed by atoms with van der Waals surface area (Å²) < 4.78 is 10.8. The van der Waals surface area contributed by atoms with Gasteiger partial charge in [-0.15, -0.1) is 0 Å². The van der Waals surface area contributed by atoms with E-state index in [1.807, 2.05) is 33.2 Å². The number of hydrogen-bond acceptors (Lipinski definition) is 4. The summed E-state index contributed by atoms with van der Waals surface area (Å²) in [6, 6.07) is 4.25. The second-order valence-electron chi connectivity index (χ2n) is 3.91. The molecule has 2 N–H and O–H groups in total. The first kappa shape index (κ1) is 13.8. The number of ether oxygens (including phenoxy) is 2. The van der Waals surface area contributed by atoms with E-state index >= 15 is 0 Å². The fourth-order valence-electron chi connectivity index (χ4n) is 2.03. The molecule has 0 heterocycles. The second kappa shape index (κ2) is 6.47. The molecule has 17 heavy (non-hydrogen) atoms. The molecule has 0 saturated heterocycles. The third kappa shape index (κ3) is 2.90. The normalized spacial score (nSPS) is 12.3. The summed E-state index contributed by atoms with van der Waals surface area (Å²) in [6.07, 6.45) is 0. The van der Waals surface area contributed by atoms with Crippen molar-refractivity contribution >= 4 is 0 Å². The van der Waals surface area contributed by atoms with Gasteiger partial charge in [0.05, 0.1) is 14.2 Å². The van der Waals surface area contributed by atoms with E-state index in [0.29, 0.717) is 0 Å². The van der Waals surface area contributed by atoms with E-state index in [-0.39, 0.29) is 6.04 Å². The lowest BCUT2D eigenvalue weighted by molar-refractivity contribution is 0.379. The fourth-order valence-corrected chi connectivity index (χ4v) is 2.03. The van der Waals surface area contributed by atoms with Gasteiger partial charge in [0.1, 0.15) is 11.5 Å². The Morgan fingerprint density at radius 2 is 1.88 bits per heavy atom. The van der Waals surface area contributed by atoms with Crippen molar-refractivity contribution in [2.45, 2.75) is 13.0 Å². The highest BCUT2D eigenvalue weighted by Crippen LogP contribution is 2.34. The van der Waals surface area contributed by atoms with E-state index in [0.717, 1.165) is 29.2 Å². The standard InChI is InChI=1S/C13H22N2O2/c1-9-12(16-4)7-6-10(13(9)17-5)11(15-3)8-14-2/h6-7,11,14-15H,8H2,1-5H3. The highest BCUT2D eigenvalue weighted by atomic mass is 16.5. The molecule has 0 spiro atoms. The smallest absolute Gasteiger partial charge is 0.130 e. The Labute approximate surface area is 103 Å². The molecule has 0 radical (unpaired) electrons. The molecule has 0 aliphatic heterocycles. The maximum atomic E-state index is 5.50. The summed E-state index contributed by atoms with van der Waals surface area (Å²) in [5, 5.41) is 6.44. The molecule has 0 amide bonds. The predicted octanol–water partition coefficient (Wildman–Crippen LogP) is 1.49. The van der Waals surface area contributed by atoms with Gasteiger partial charge in [-0.05, 0) is 33.2 Å². The lowest BCUT2D eigenvalue weighted by atomic mass is 10.0. The van der Waals surface area contributed by atoms with Crippen LogP contribution in [0.15, 0.2) is 12.1 Å². The molecule has 4 heteroatoms. The Bertz CT molecular complexity index is 367. The van der Waals surface area contributed by atoms with Crippen LogP contribution in [0.2, 0.25) is 0 Å². The lowest BCUT2D eigenvalue weighted by Crippen LogP contribution is -2.27. The zero-order chi connectivity index (χ0) is 12.8. The molecule has 0 aliphatic rings. The van der Waals surface area contributed by atoms with E-state index in [4.69, 9.17) is 9.47 Å². The highest BCUT2D eigenvalue weighted by Gasteiger charge is 2.17. The summed E-state index contributed by atoms with van der Waals surface area (Å²) in [5.41, 5.74) is 2.17. The second-order valence-corrected chi connectivity index (χ2v) is 3.91. The molecule has 0 fully saturated rings. The number of benzene rings is 1. The van der Waals surface area contributed by atoms with Crippen LogP contribution in [0.25, 0.3) is 0 Å². The van der Waals surface area contributed by atoms with Crippen LogP contribution in [0.4, 0.5) is 0 Å². The average molecular weight is 238 g/mol. The van der Waals surface area contributed by atoms with Crippen LogP contribution < -0.4 is 20.1 Å². The predicted molar refractivity (Wildman–Crippen MR) is 70.0 cm³/mol. The van der Waals surface area contributed by atoms with E-state index in [9.17, 15) is 0 Å². The van der Waals surface area contributed by atoms with Gasteiger partial charge in [-0.3, -0.25) is 0 Å². The van der Waals surface area contributed by atoms with Crippen molar-refractivity contribution in [2.24, 2.45) is 0 Å². The molecule has 0 aromatic heterocycles. The lowest BCUT2D eigenvalue weighted by Gasteiger charge is -2.21. The van der Waals surface area contributed by atoms with Crippen molar-refractivity contribution in [2.75, 3.05) is 34.9 Å². The average Bonchev–Trinajstić information content (AvgIpc) is 2.35. The monoisotopic (exact) mass is 238 g/mol. The zero-order valence-corrected chi connectivity index (χ0v) is 11.3. The largest absolute Gasteiger partial charge is 0.496 e. The van der Waals surface area contributed by atoms with Gasteiger partial charge < -0.3 is 20.1 Å². The zero-order valence-electron chi connectivity index (χ0n) is 11.3. The van der Waals surface area contributed by atoms with Gasteiger partial charge in [0, 0.05) is 23.7 Å². The third-order valence-electron chi connectivity index (χ3n) is 2.94. The number of nitrogens with one attached hydrogen (secondary N) is 2. The van der Waals surface area contributed by atoms with Crippen LogP contribution in [0.3, 0.4) is 0 Å². The minimum atomic E-state index is 0.222. The van der Waals surface area contributed by atoms with Gasteiger partial charge in [0.25, 0.3) is 0 Å². The highest BCUT2D eigenvalue weighted by molar-refractivity contribution is 5.50. The Morgan fingerprint density at radius 1 is 1.18 bits per heavy atom. The van der Waals surface area contributed by atoms with E-state index in [1.54, 1.807) is 14.2 Å². The van der Waals surface area contributed by atoms with Crippen LogP contribution in [0, 0.1) is 6.92 Å². The molecule has 0 saturated carbocycles. The minimum absolute atomic E-state index is 0.222. The molecule has 1 unspecified atom stereocenters. The van der Waals surface area contributed by atoms with Crippen LogP contribution in [0.1, 0.15) is 17.2 Å². The summed E-state index contributed by atoms with van der Waals surface area (Å²) >= 11 is 0. The molecule has 4 nitrogen and oxygen atoms in total. The van der Waals surface area contributed by atoms with Crippen molar-refractivity contribution in [3.8, 4) is 11.5 Å². The van der Waals surface area contributed by atoms with Crippen LogP contribution in [0.5, 0.6) is 11.5 Å². The van der Waals surface area contributed by atoms with Crippen molar-refractivity contribution in [3.63, 3.8) is 0 Å². The van der Waals surface area contributed by atoms with Crippen molar-refractivity contribution in [1.82, 2.24) is 10.6 Å². The van der Waals surface area contributed by atoms with Crippen molar-refractivity contribution in [3.05, 3.63) is 23.3 Å². The van der Waals surface area contributed by atoms with Gasteiger partial charge in [0.15, 0.2) is 0 Å². The first-order chi connectivity index (χ1) is 8.19. The Hall–Kier alpha value is -1.26. The summed E-state index contributed by atoms with van der Waals surface area (Å²) in [7, 11) is 7.25. The Morgan fingerprint density at radius 3 is 2.35 bits per heavy atom. The topological polar surface area (TPSA) is 42.5 Å². The molecular formula is C13H22N2O2. The quantitative estimate of drug-likeness (QED) is 0.788. The van der Waals surface area contributed by atoms with Crippen LogP contribution >= 0.6 is 0 Å². The van der Waals surface area contributed by atoms with Crippen molar-refractivity contribution < 1.29 is 9.47 Å². The van der Waals surface area contributed by atoms with Gasteiger partial charge in [-0.25, -0.2) is 0 Å². The first-order valence-corrected chi connectivity index (χ1v) is 5.72. The maximum absolute atomic E-state index is 5.50. The summed E-state index contributed by atoms with van der Waals surface area (Å²) in [4.78, 5) is 0. The number of rotatable bonds is 6. The molecule has 1 atom stereocenters. The third-order valence-corrected chi connectivity index (χ3v) is 2.94. The molecule has 1 rings (SSSR count). The van der Waals surface area contributed by atoms with Crippen LogP contribution in [-0.4, -0.2) is 34.9 Å². The SMILES string of the molecule is CNCC(NC)c1ccc(OC)c(C)c1OC. The van der Waals surface area contributed by atoms with Crippen LogP contribution in [-0.2, 0) is 0 Å². The van der Waals surface area contributed by atoms with Crippen molar-refractivity contribution in [1.29, 1.82) is 0 Å². The molecule has 0 aliphatic carbocycles. The molecular weight excluding hydrogens is 216 g/mol. The van der Waals surface area contributed by atoms with Gasteiger partial charge in [-0.1, -0.05) is 0 Å². The number of hydrogen-bond donors (Lipinski definition) is 2. The van der Waals surface area contributed by atoms with E-state index in [2.05, 4.69) is 10.6 Å². The van der Waals surface area contributed by atoms with E-state index in [1.165, 1.54) is 0 Å². The molecule has 1 aromatic rings. The number of methoxy groups -OCH3 is 2. The molecule has 1 aromatic carbocycles. The Balaban J connectivity index is 3.18.